The molecule has 1 fully saturated rings. The molecule has 2 amide bonds. The van der Waals surface area contributed by atoms with E-state index in [2.05, 4.69) is 5.32 Å². The minimum atomic E-state index is -3.96. The van der Waals surface area contributed by atoms with E-state index in [-0.39, 0.29) is 37.3 Å². The lowest BCUT2D eigenvalue weighted by molar-refractivity contribution is -0.159. The molecule has 0 aliphatic carbocycles. The fourth-order valence-corrected chi connectivity index (χ4v) is 7.39. The highest BCUT2D eigenvalue weighted by Crippen LogP contribution is 2.61. The van der Waals surface area contributed by atoms with E-state index in [0.717, 1.165) is 11.1 Å². The summed E-state index contributed by atoms with van der Waals surface area (Å²) in [7, 11) is -3.96. The summed E-state index contributed by atoms with van der Waals surface area (Å²) in [5.74, 6) is -1.32. The minimum absolute atomic E-state index is 0.0667. The Balaban J connectivity index is 1.44. The number of nitrogens with zero attached hydrogens (tertiary/aromatic N) is 1. The molecule has 5 rings (SSSR count). The SMILES string of the molecule is CCOP(=O)(OCC)C1=C(C(=O)OC(c2ccccc2)c2ccccc2)N2C(=O)C(NC(=O)COc3ccccc3)C2CC1. The average Bonchev–Trinajstić information content (AvgIpc) is 3.05. The number of nitrogens with one attached hydrogen (secondary N) is 1. The van der Waals surface area contributed by atoms with Gasteiger partial charge in [0.05, 0.1) is 24.6 Å². The molecule has 0 saturated carbocycles. The normalized spacial score (nSPS) is 18.0. The van der Waals surface area contributed by atoms with Gasteiger partial charge in [0.1, 0.15) is 17.5 Å². The molecule has 1 saturated heterocycles. The van der Waals surface area contributed by atoms with Crippen LogP contribution in [0.15, 0.2) is 102 Å². The largest absolute Gasteiger partial charge is 0.484 e. The van der Waals surface area contributed by atoms with Crippen LogP contribution in [0.2, 0.25) is 0 Å². The highest BCUT2D eigenvalue weighted by molar-refractivity contribution is 7.58. The summed E-state index contributed by atoms with van der Waals surface area (Å²) >= 11 is 0. The van der Waals surface area contributed by atoms with Gasteiger partial charge in [-0.05, 0) is 49.9 Å². The molecule has 3 aromatic rings. The maximum absolute atomic E-state index is 14.1. The van der Waals surface area contributed by atoms with Crippen LogP contribution in [0.25, 0.3) is 0 Å². The fourth-order valence-electron chi connectivity index (χ4n) is 5.46. The zero-order chi connectivity index (χ0) is 31.1. The van der Waals surface area contributed by atoms with Crippen molar-refractivity contribution < 1.29 is 37.5 Å². The number of rotatable bonds is 13. The van der Waals surface area contributed by atoms with Gasteiger partial charge in [0.2, 0.25) is 0 Å². The number of carbonyl (C=O) groups excluding carboxylic acids is 3. The van der Waals surface area contributed by atoms with Crippen molar-refractivity contribution in [2.75, 3.05) is 19.8 Å². The van der Waals surface area contributed by atoms with Gasteiger partial charge in [-0.2, -0.15) is 0 Å². The molecule has 0 aromatic heterocycles. The van der Waals surface area contributed by atoms with E-state index in [1.807, 2.05) is 66.7 Å². The number of β-lactam (4-membered cyclic amide) rings is 1. The number of allylic oxidation sites excluding steroid dienone is 1. The van der Waals surface area contributed by atoms with Crippen molar-refractivity contribution in [3.8, 4) is 5.75 Å². The van der Waals surface area contributed by atoms with Gasteiger partial charge in [-0.15, -0.1) is 0 Å². The van der Waals surface area contributed by atoms with Crippen LogP contribution in [0.1, 0.15) is 43.9 Å². The van der Waals surface area contributed by atoms with E-state index in [9.17, 15) is 18.9 Å². The second-order valence-electron chi connectivity index (χ2n) is 10.2. The molecular formula is C33H35N2O8P. The second kappa shape index (κ2) is 14.0. The number of hydrogen-bond donors (Lipinski definition) is 1. The van der Waals surface area contributed by atoms with Crippen LogP contribution in [0, 0.1) is 0 Å². The summed E-state index contributed by atoms with van der Waals surface area (Å²) in [6.45, 7) is 3.20. The topological polar surface area (TPSA) is 120 Å². The number of carbonyl (C=O) groups is 3. The van der Waals surface area contributed by atoms with Crippen LogP contribution in [-0.2, 0) is 32.7 Å². The van der Waals surface area contributed by atoms with Crippen molar-refractivity contribution in [3.63, 3.8) is 0 Å². The monoisotopic (exact) mass is 618 g/mol. The third-order valence-corrected chi connectivity index (χ3v) is 9.69. The predicted octanol–water partition coefficient (Wildman–Crippen LogP) is 5.37. The summed E-state index contributed by atoms with van der Waals surface area (Å²) in [5.41, 5.74) is 1.27. The van der Waals surface area contributed by atoms with Crippen molar-refractivity contribution >= 4 is 25.4 Å². The van der Waals surface area contributed by atoms with Gasteiger partial charge in [0.25, 0.3) is 11.8 Å². The number of hydrogen-bond acceptors (Lipinski definition) is 8. The molecule has 0 bridgehead atoms. The quantitative estimate of drug-likeness (QED) is 0.154. The van der Waals surface area contributed by atoms with Gasteiger partial charge >= 0.3 is 13.6 Å². The van der Waals surface area contributed by atoms with Crippen molar-refractivity contribution in [3.05, 3.63) is 113 Å². The standard InChI is InChI=1S/C33H35N2O8P/c1-3-41-44(39,42-4-2)27-21-20-26-29(34-28(36)22-40-25-18-12-7-13-19-25)32(37)35(26)30(27)33(38)43-31(23-14-8-5-9-15-23)24-16-10-6-11-17-24/h5-19,26,29,31H,3-4,20-22H2,1-2H3,(H,34,36). The van der Waals surface area contributed by atoms with Gasteiger partial charge in [-0.1, -0.05) is 78.9 Å². The number of para-hydroxylation sites is 1. The predicted molar refractivity (Wildman–Crippen MR) is 162 cm³/mol. The lowest BCUT2D eigenvalue weighted by Crippen LogP contribution is -2.72. The molecule has 2 aliphatic rings. The number of amides is 2. The van der Waals surface area contributed by atoms with Gasteiger partial charge < -0.3 is 23.8 Å². The van der Waals surface area contributed by atoms with Gasteiger partial charge in [-0.25, -0.2) is 4.79 Å². The van der Waals surface area contributed by atoms with Gasteiger partial charge in [0.15, 0.2) is 12.7 Å². The Hall–Kier alpha value is -4.24. The third kappa shape index (κ3) is 6.63. The molecule has 11 heteroatoms. The molecule has 1 N–H and O–H groups in total. The Morgan fingerprint density at radius 1 is 0.886 bits per heavy atom. The molecule has 3 aromatic carbocycles. The molecule has 0 spiro atoms. The summed E-state index contributed by atoms with van der Waals surface area (Å²) in [5, 5.41) is 2.82. The van der Waals surface area contributed by atoms with Crippen molar-refractivity contribution in [2.45, 2.75) is 44.9 Å². The Bertz CT molecular complexity index is 1500. The Kier molecular flexibility index (Phi) is 9.95. The molecule has 2 atom stereocenters. The van der Waals surface area contributed by atoms with Crippen molar-refractivity contribution in [1.82, 2.24) is 10.2 Å². The summed E-state index contributed by atoms with van der Waals surface area (Å²) < 4.78 is 36.9. The first-order valence-corrected chi connectivity index (χ1v) is 16.1. The third-order valence-electron chi connectivity index (χ3n) is 7.39. The fraction of sp³-hybridized carbons (Fsp3) is 0.303. The molecule has 44 heavy (non-hydrogen) atoms. The van der Waals surface area contributed by atoms with E-state index in [0.29, 0.717) is 12.2 Å². The maximum Gasteiger partial charge on any atom is 0.359 e. The van der Waals surface area contributed by atoms with Crippen LogP contribution < -0.4 is 10.1 Å². The second-order valence-corrected chi connectivity index (χ2v) is 12.2. The number of ether oxygens (including phenoxy) is 2. The average molecular weight is 619 g/mol. The van der Waals surface area contributed by atoms with Crippen molar-refractivity contribution in [1.29, 1.82) is 0 Å². The number of esters is 1. The highest BCUT2D eigenvalue weighted by Gasteiger charge is 2.56. The van der Waals surface area contributed by atoms with E-state index in [4.69, 9.17) is 18.5 Å². The lowest BCUT2D eigenvalue weighted by Gasteiger charge is -2.50. The van der Waals surface area contributed by atoms with Crippen LogP contribution in [0.4, 0.5) is 0 Å². The first-order valence-electron chi connectivity index (χ1n) is 14.6. The zero-order valence-electron chi connectivity index (χ0n) is 24.6. The summed E-state index contributed by atoms with van der Waals surface area (Å²) in [6, 6.07) is 25.9. The molecule has 2 unspecified atom stereocenters. The molecule has 230 valence electrons. The Morgan fingerprint density at radius 3 is 1.98 bits per heavy atom. The first-order chi connectivity index (χ1) is 21.4. The summed E-state index contributed by atoms with van der Waals surface area (Å²) in [4.78, 5) is 41.7. The smallest absolute Gasteiger partial charge is 0.359 e. The lowest BCUT2D eigenvalue weighted by atomic mass is 9.86. The van der Waals surface area contributed by atoms with E-state index >= 15 is 0 Å². The van der Waals surface area contributed by atoms with Crippen LogP contribution in [0.5, 0.6) is 5.75 Å². The summed E-state index contributed by atoms with van der Waals surface area (Å²) in [6.07, 6.45) is -0.336. The maximum atomic E-state index is 14.1. The number of fused-ring (bicyclic) bond motifs is 1. The van der Waals surface area contributed by atoms with E-state index in [1.54, 1.807) is 38.1 Å². The minimum Gasteiger partial charge on any atom is -0.484 e. The van der Waals surface area contributed by atoms with Crippen LogP contribution in [0.3, 0.4) is 0 Å². The number of benzene rings is 3. The van der Waals surface area contributed by atoms with Gasteiger partial charge in [0, 0.05) is 0 Å². The molecule has 2 aliphatic heterocycles. The Labute approximate surface area is 256 Å². The van der Waals surface area contributed by atoms with E-state index < -0.39 is 43.6 Å². The molecule has 10 nitrogen and oxygen atoms in total. The molecule has 2 heterocycles. The Morgan fingerprint density at radius 2 is 1.43 bits per heavy atom. The van der Waals surface area contributed by atoms with Crippen LogP contribution >= 0.6 is 7.60 Å². The van der Waals surface area contributed by atoms with Crippen LogP contribution in [-0.4, -0.2) is 54.6 Å². The molecular weight excluding hydrogens is 583 g/mol. The van der Waals surface area contributed by atoms with Gasteiger partial charge in [-0.3, -0.25) is 19.1 Å². The van der Waals surface area contributed by atoms with E-state index in [1.165, 1.54) is 4.90 Å². The molecule has 0 radical (unpaired) electrons. The first kappa shape index (κ1) is 31.2. The van der Waals surface area contributed by atoms with Crippen molar-refractivity contribution in [2.24, 2.45) is 0 Å². The zero-order valence-corrected chi connectivity index (χ0v) is 25.5. The highest BCUT2D eigenvalue weighted by atomic mass is 31.2.